The predicted molar refractivity (Wildman–Crippen MR) is 73.5 cm³/mol. The van der Waals surface area contributed by atoms with Gasteiger partial charge >= 0.3 is 0 Å². The summed E-state index contributed by atoms with van der Waals surface area (Å²) >= 11 is 7.16. The second-order valence-corrected chi connectivity index (χ2v) is 5.33. The van der Waals surface area contributed by atoms with Crippen molar-refractivity contribution in [3.63, 3.8) is 0 Å². The van der Waals surface area contributed by atoms with Crippen molar-refractivity contribution in [3.8, 4) is 0 Å². The number of aliphatic hydroxyl groups excluding tert-OH is 1. The molecule has 0 aliphatic carbocycles. The largest absolute Gasteiger partial charge is 0.392 e. The molecule has 6 nitrogen and oxygen atoms in total. The Morgan fingerprint density at radius 3 is 3.11 bits per heavy atom. The molecule has 1 aromatic carbocycles. The third-order valence-electron chi connectivity index (χ3n) is 3.05. The molecule has 1 aromatic heterocycles. The number of nitrogens with one attached hydrogen (secondary N) is 2. The van der Waals surface area contributed by atoms with Crippen molar-refractivity contribution < 1.29 is 9.90 Å². The number of carbonyl (C=O) groups excluding carboxylic acids is 1. The van der Waals surface area contributed by atoms with E-state index in [-0.39, 0.29) is 5.91 Å². The van der Waals surface area contributed by atoms with Crippen molar-refractivity contribution >= 4 is 46.0 Å². The van der Waals surface area contributed by atoms with Crippen molar-refractivity contribution in [1.29, 1.82) is 0 Å². The molecule has 1 saturated heterocycles. The minimum absolute atomic E-state index is 0.223. The lowest BCUT2D eigenvalue weighted by Gasteiger charge is -2.12. The normalized spacial score (nSPS) is 22.8. The lowest BCUT2D eigenvalue weighted by atomic mass is 10.2. The number of benzene rings is 1. The van der Waals surface area contributed by atoms with Gasteiger partial charge in [0.05, 0.1) is 34.6 Å². The molecule has 8 heteroatoms. The molecule has 1 aliphatic heterocycles. The van der Waals surface area contributed by atoms with Crippen molar-refractivity contribution in [2.24, 2.45) is 0 Å². The van der Waals surface area contributed by atoms with Gasteiger partial charge in [0.15, 0.2) is 0 Å². The van der Waals surface area contributed by atoms with E-state index in [1.165, 1.54) is 0 Å². The number of aromatic nitrogens is 2. The summed E-state index contributed by atoms with van der Waals surface area (Å²) in [6.07, 6.45) is -0.0858. The molecule has 1 fully saturated rings. The van der Waals surface area contributed by atoms with E-state index in [0.29, 0.717) is 34.7 Å². The lowest BCUT2D eigenvalue weighted by Crippen LogP contribution is -2.35. The van der Waals surface area contributed by atoms with Crippen LogP contribution in [0, 0.1) is 0 Å². The first-order chi connectivity index (χ1) is 9.15. The van der Waals surface area contributed by atoms with E-state index in [1.54, 1.807) is 12.1 Å². The number of carbonyl (C=O) groups is 1. The summed E-state index contributed by atoms with van der Waals surface area (Å²) in [4.78, 5) is 12.1. The summed E-state index contributed by atoms with van der Waals surface area (Å²) in [6.45, 7) is 0.425. The second kappa shape index (κ2) is 5.01. The maximum Gasteiger partial charge on any atom is 0.241 e. The van der Waals surface area contributed by atoms with E-state index in [0.717, 1.165) is 11.7 Å². The van der Waals surface area contributed by atoms with Crippen LogP contribution in [0.1, 0.15) is 6.42 Å². The van der Waals surface area contributed by atoms with Gasteiger partial charge in [0.25, 0.3) is 0 Å². The number of amides is 1. The molecule has 2 atom stereocenters. The van der Waals surface area contributed by atoms with Crippen LogP contribution in [0.4, 0.5) is 5.69 Å². The first-order valence-corrected chi connectivity index (χ1v) is 6.89. The number of hydrogen-bond acceptors (Lipinski definition) is 6. The third-order valence-corrected chi connectivity index (χ3v) is 3.91. The van der Waals surface area contributed by atoms with Crippen LogP contribution in [0.25, 0.3) is 11.0 Å². The second-order valence-electron chi connectivity index (χ2n) is 4.39. The highest BCUT2D eigenvalue weighted by Gasteiger charge is 2.28. The van der Waals surface area contributed by atoms with Crippen LogP contribution in [-0.4, -0.2) is 38.5 Å². The molecule has 2 heterocycles. The lowest BCUT2D eigenvalue weighted by molar-refractivity contribution is -0.117. The Hall–Kier alpha value is -1.28. The SMILES string of the molecule is O=C(Nc1c(Cl)ccc2nsnc12)C1CC(O)CN1. The summed E-state index contributed by atoms with van der Waals surface area (Å²) in [5.41, 5.74) is 1.76. The average Bonchev–Trinajstić information content (AvgIpc) is 3.01. The Morgan fingerprint density at radius 2 is 2.37 bits per heavy atom. The maximum absolute atomic E-state index is 12.1. The summed E-state index contributed by atoms with van der Waals surface area (Å²) in [5, 5.41) is 15.6. The number of aliphatic hydroxyl groups is 1. The van der Waals surface area contributed by atoms with E-state index in [4.69, 9.17) is 11.6 Å². The van der Waals surface area contributed by atoms with Gasteiger partial charge in [0.2, 0.25) is 5.91 Å². The highest BCUT2D eigenvalue weighted by molar-refractivity contribution is 7.00. The molecule has 2 aromatic rings. The number of β-amino-alcohol motifs (C(OH)–C–C–N with tert-alkyl or cyclic N) is 1. The van der Waals surface area contributed by atoms with Crippen molar-refractivity contribution in [3.05, 3.63) is 17.2 Å². The van der Waals surface area contributed by atoms with Crippen LogP contribution in [0.3, 0.4) is 0 Å². The molecular formula is C11H11ClN4O2S. The third kappa shape index (κ3) is 2.42. The van der Waals surface area contributed by atoms with Gasteiger partial charge in [-0.2, -0.15) is 8.75 Å². The van der Waals surface area contributed by atoms with Crippen molar-refractivity contribution in [2.45, 2.75) is 18.6 Å². The molecule has 3 N–H and O–H groups in total. The molecule has 3 rings (SSSR count). The number of fused-ring (bicyclic) bond motifs is 1. The zero-order chi connectivity index (χ0) is 13.4. The Morgan fingerprint density at radius 1 is 1.53 bits per heavy atom. The molecule has 1 aliphatic rings. The van der Waals surface area contributed by atoms with E-state index in [2.05, 4.69) is 19.4 Å². The van der Waals surface area contributed by atoms with Gasteiger partial charge in [0, 0.05) is 6.54 Å². The van der Waals surface area contributed by atoms with Gasteiger partial charge in [-0.1, -0.05) is 11.6 Å². The molecule has 0 radical (unpaired) electrons. The number of anilines is 1. The Balaban J connectivity index is 1.86. The summed E-state index contributed by atoms with van der Waals surface area (Å²) in [6, 6.07) is 3.03. The Labute approximate surface area is 118 Å². The fraction of sp³-hybridized carbons (Fsp3) is 0.364. The zero-order valence-corrected chi connectivity index (χ0v) is 11.3. The van der Waals surface area contributed by atoms with Crippen molar-refractivity contribution in [2.75, 3.05) is 11.9 Å². The van der Waals surface area contributed by atoms with E-state index in [9.17, 15) is 9.90 Å². The van der Waals surface area contributed by atoms with E-state index in [1.807, 2.05) is 0 Å². The Bertz CT molecular complexity index is 632. The molecule has 19 heavy (non-hydrogen) atoms. The maximum atomic E-state index is 12.1. The average molecular weight is 299 g/mol. The van der Waals surface area contributed by atoms with Gasteiger partial charge < -0.3 is 15.7 Å². The Kier molecular flexibility index (Phi) is 3.36. The smallest absolute Gasteiger partial charge is 0.241 e. The fourth-order valence-electron chi connectivity index (χ4n) is 2.07. The van der Waals surface area contributed by atoms with Gasteiger partial charge in [-0.3, -0.25) is 4.79 Å². The van der Waals surface area contributed by atoms with Crippen LogP contribution < -0.4 is 10.6 Å². The predicted octanol–water partition coefficient (Wildman–Crippen LogP) is 1.01. The quantitative estimate of drug-likeness (QED) is 0.770. The summed E-state index contributed by atoms with van der Waals surface area (Å²) < 4.78 is 8.24. The minimum Gasteiger partial charge on any atom is -0.392 e. The van der Waals surface area contributed by atoms with Crippen LogP contribution in [0.15, 0.2) is 12.1 Å². The monoisotopic (exact) mass is 298 g/mol. The first kappa shape index (κ1) is 12.7. The van der Waals surface area contributed by atoms with Gasteiger partial charge in [0.1, 0.15) is 11.0 Å². The standard InChI is InChI=1S/C11H11ClN4O2S/c12-6-1-2-7-10(16-19-15-7)9(6)14-11(18)8-3-5(17)4-13-8/h1-2,5,8,13,17H,3-4H2,(H,14,18). The molecule has 100 valence electrons. The molecule has 0 bridgehead atoms. The van der Waals surface area contributed by atoms with Gasteiger partial charge in [-0.15, -0.1) is 0 Å². The van der Waals surface area contributed by atoms with Crippen LogP contribution in [-0.2, 0) is 4.79 Å². The first-order valence-electron chi connectivity index (χ1n) is 5.78. The molecule has 2 unspecified atom stereocenters. The highest BCUT2D eigenvalue weighted by Crippen LogP contribution is 2.30. The number of rotatable bonds is 2. The molecular weight excluding hydrogens is 288 g/mol. The van der Waals surface area contributed by atoms with Gasteiger partial charge in [-0.25, -0.2) is 0 Å². The van der Waals surface area contributed by atoms with Crippen molar-refractivity contribution in [1.82, 2.24) is 14.1 Å². The molecule has 0 spiro atoms. The zero-order valence-electron chi connectivity index (χ0n) is 9.76. The van der Waals surface area contributed by atoms with E-state index < -0.39 is 12.1 Å². The van der Waals surface area contributed by atoms with Crippen LogP contribution in [0.2, 0.25) is 5.02 Å². The minimum atomic E-state index is -0.483. The molecule has 0 saturated carbocycles. The van der Waals surface area contributed by atoms with Gasteiger partial charge in [-0.05, 0) is 18.6 Å². The van der Waals surface area contributed by atoms with E-state index >= 15 is 0 Å². The number of nitrogens with zero attached hydrogens (tertiary/aromatic N) is 2. The van der Waals surface area contributed by atoms with Crippen LogP contribution >= 0.6 is 23.3 Å². The summed E-state index contributed by atoms with van der Waals surface area (Å²) in [7, 11) is 0. The topological polar surface area (TPSA) is 87.1 Å². The number of halogens is 1. The fourth-order valence-corrected chi connectivity index (χ4v) is 2.82. The van der Waals surface area contributed by atoms with Crippen LogP contribution in [0.5, 0.6) is 0 Å². The molecule has 1 amide bonds. The number of hydrogen-bond donors (Lipinski definition) is 3. The highest BCUT2D eigenvalue weighted by atomic mass is 35.5. The summed E-state index contributed by atoms with van der Waals surface area (Å²) in [5.74, 6) is -0.223.